The molecule has 0 saturated heterocycles. The Bertz CT molecular complexity index is 133. The standard InChI is InChI=1S/C8H13Cl/c1-8-3-2-6(5-8)4-7(8)9/h6-7H,2-5H2,1H3. The van der Waals surface area contributed by atoms with Gasteiger partial charge in [-0.2, -0.15) is 0 Å². The second-order valence-electron chi connectivity index (χ2n) is 3.97. The van der Waals surface area contributed by atoms with Gasteiger partial charge in [0.15, 0.2) is 0 Å². The van der Waals surface area contributed by atoms with Gasteiger partial charge in [0.25, 0.3) is 0 Å². The average Bonchev–Trinajstić information content (AvgIpc) is 2.22. The summed E-state index contributed by atoms with van der Waals surface area (Å²) in [6.45, 7) is 2.34. The molecule has 3 unspecified atom stereocenters. The van der Waals surface area contributed by atoms with Crippen molar-refractivity contribution in [1.82, 2.24) is 0 Å². The molecule has 2 rings (SSSR count). The zero-order valence-corrected chi connectivity index (χ0v) is 6.62. The van der Waals surface area contributed by atoms with Crippen molar-refractivity contribution < 1.29 is 0 Å². The van der Waals surface area contributed by atoms with E-state index in [2.05, 4.69) is 6.92 Å². The molecule has 0 heterocycles. The lowest BCUT2D eigenvalue weighted by Gasteiger charge is -2.25. The fourth-order valence-electron chi connectivity index (χ4n) is 2.46. The molecule has 3 atom stereocenters. The van der Waals surface area contributed by atoms with Crippen LogP contribution < -0.4 is 0 Å². The number of fused-ring (bicyclic) bond motifs is 2. The minimum atomic E-state index is 0.497. The van der Waals surface area contributed by atoms with Crippen molar-refractivity contribution in [2.24, 2.45) is 11.3 Å². The molecule has 0 aromatic heterocycles. The van der Waals surface area contributed by atoms with E-state index >= 15 is 0 Å². The van der Waals surface area contributed by atoms with Gasteiger partial charge in [0.1, 0.15) is 0 Å². The van der Waals surface area contributed by atoms with Gasteiger partial charge in [-0.15, -0.1) is 11.6 Å². The van der Waals surface area contributed by atoms with E-state index in [1.165, 1.54) is 25.7 Å². The Morgan fingerprint density at radius 2 is 2.33 bits per heavy atom. The summed E-state index contributed by atoms with van der Waals surface area (Å²) in [5.74, 6) is 0.984. The third-order valence-electron chi connectivity index (χ3n) is 3.18. The third-order valence-corrected chi connectivity index (χ3v) is 3.88. The molecule has 0 aromatic carbocycles. The SMILES string of the molecule is CC12CCC(CC1Cl)C2. The molecule has 2 saturated carbocycles. The van der Waals surface area contributed by atoms with Crippen LogP contribution in [0.25, 0.3) is 0 Å². The highest BCUT2D eigenvalue weighted by Gasteiger charge is 2.47. The van der Waals surface area contributed by atoms with Crippen molar-refractivity contribution in [2.45, 2.75) is 38.0 Å². The molecule has 0 spiro atoms. The van der Waals surface area contributed by atoms with Gasteiger partial charge >= 0.3 is 0 Å². The highest BCUT2D eigenvalue weighted by atomic mass is 35.5. The Hall–Kier alpha value is 0.290. The van der Waals surface area contributed by atoms with Gasteiger partial charge in [0.2, 0.25) is 0 Å². The van der Waals surface area contributed by atoms with E-state index in [4.69, 9.17) is 11.6 Å². The van der Waals surface area contributed by atoms with Crippen molar-refractivity contribution in [1.29, 1.82) is 0 Å². The van der Waals surface area contributed by atoms with Crippen LogP contribution in [0.2, 0.25) is 0 Å². The van der Waals surface area contributed by atoms with Crippen LogP contribution in [0.15, 0.2) is 0 Å². The predicted octanol–water partition coefficient (Wildman–Crippen LogP) is 2.80. The first-order valence-electron chi connectivity index (χ1n) is 3.85. The maximum Gasteiger partial charge on any atom is 0.0392 e. The second-order valence-corrected chi connectivity index (χ2v) is 4.49. The second kappa shape index (κ2) is 1.66. The van der Waals surface area contributed by atoms with Crippen LogP contribution in [-0.4, -0.2) is 5.38 Å². The minimum Gasteiger partial charge on any atom is -0.122 e. The lowest BCUT2D eigenvalue weighted by molar-refractivity contribution is 0.340. The quantitative estimate of drug-likeness (QED) is 0.459. The minimum absolute atomic E-state index is 0.497. The first-order valence-corrected chi connectivity index (χ1v) is 4.28. The molecule has 52 valence electrons. The van der Waals surface area contributed by atoms with E-state index in [0.29, 0.717) is 10.8 Å². The Morgan fingerprint density at radius 1 is 1.56 bits per heavy atom. The van der Waals surface area contributed by atoms with Gasteiger partial charge in [-0.05, 0) is 37.0 Å². The van der Waals surface area contributed by atoms with Crippen molar-refractivity contribution in [3.05, 3.63) is 0 Å². The molecule has 0 aromatic rings. The zero-order valence-electron chi connectivity index (χ0n) is 5.86. The van der Waals surface area contributed by atoms with Crippen LogP contribution in [0, 0.1) is 11.3 Å². The van der Waals surface area contributed by atoms with Crippen LogP contribution in [0.1, 0.15) is 32.6 Å². The van der Waals surface area contributed by atoms with Crippen LogP contribution in [0.4, 0.5) is 0 Å². The maximum absolute atomic E-state index is 6.15. The number of hydrogen-bond acceptors (Lipinski definition) is 0. The van der Waals surface area contributed by atoms with E-state index in [1.54, 1.807) is 0 Å². The van der Waals surface area contributed by atoms with E-state index < -0.39 is 0 Å². The van der Waals surface area contributed by atoms with E-state index in [0.717, 1.165) is 5.92 Å². The highest BCUT2D eigenvalue weighted by molar-refractivity contribution is 6.21. The number of alkyl halides is 1. The Balaban J connectivity index is 2.22. The molecule has 2 aliphatic rings. The monoisotopic (exact) mass is 144 g/mol. The van der Waals surface area contributed by atoms with Crippen LogP contribution in [0.3, 0.4) is 0 Å². The first-order chi connectivity index (χ1) is 4.21. The van der Waals surface area contributed by atoms with Crippen molar-refractivity contribution in [2.75, 3.05) is 0 Å². The predicted molar refractivity (Wildman–Crippen MR) is 39.7 cm³/mol. The zero-order chi connectivity index (χ0) is 6.48. The molecule has 0 N–H and O–H groups in total. The van der Waals surface area contributed by atoms with Crippen molar-refractivity contribution in [3.8, 4) is 0 Å². The lowest BCUT2D eigenvalue weighted by Crippen LogP contribution is -2.21. The molecule has 0 radical (unpaired) electrons. The van der Waals surface area contributed by atoms with Gasteiger partial charge in [-0.3, -0.25) is 0 Å². The molecular weight excluding hydrogens is 132 g/mol. The van der Waals surface area contributed by atoms with Gasteiger partial charge in [0.05, 0.1) is 0 Å². The summed E-state index contributed by atoms with van der Waals surface area (Å²) >= 11 is 6.15. The Kier molecular flexibility index (Phi) is 1.11. The van der Waals surface area contributed by atoms with E-state index in [9.17, 15) is 0 Å². The van der Waals surface area contributed by atoms with Crippen molar-refractivity contribution in [3.63, 3.8) is 0 Å². The molecule has 0 nitrogen and oxygen atoms in total. The summed E-state index contributed by atoms with van der Waals surface area (Å²) in [7, 11) is 0. The summed E-state index contributed by atoms with van der Waals surface area (Å²) in [6.07, 6.45) is 5.52. The molecule has 1 heteroatoms. The third kappa shape index (κ3) is 0.724. The van der Waals surface area contributed by atoms with Crippen LogP contribution in [0.5, 0.6) is 0 Å². The summed E-state index contributed by atoms with van der Waals surface area (Å²) in [5, 5.41) is 0.497. The molecule has 0 amide bonds. The fraction of sp³-hybridized carbons (Fsp3) is 1.00. The van der Waals surface area contributed by atoms with Gasteiger partial charge < -0.3 is 0 Å². The molecule has 2 fully saturated rings. The maximum atomic E-state index is 6.15. The molecule has 2 aliphatic carbocycles. The summed E-state index contributed by atoms with van der Waals surface area (Å²) < 4.78 is 0. The topological polar surface area (TPSA) is 0 Å². The largest absolute Gasteiger partial charge is 0.122 e. The highest BCUT2D eigenvalue weighted by Crippen LogP contribution is 2.55. The molecule has 9 heavy (non-hydrogen) atoms. The van der Waals surface area contributed by atoms with Gasteiger partial charge in [0, 0.05) is 5.38 Å². The number of rotatable bonds is 0. The summed E-state index contributed by atoms with van der Waals surface area (Å²) in [4.78, 5) is 0. The summed E-state index contributed by atoms with van der Waals surface area (Å²) in [6, 6.07) is 0. The number of halogens is 1. The van der Waals surface area contributed by atoms with Gasteiger partial charge in [-0.25, -0.2) is 0 Å². The van der Waals surface area contributed by atoms with E-state index in [1.807, 2.05) is 0 Å². The molecule has 0 aliphatic heterocycles. The van der Waals surface area contributed by atoms with Crippen LogP contribution >= 0.6 is 11.6 Å². The van der Waals surface area contributed by atoms with Crippen molar-refractivity contribution >= 4 is 11.6 Å². The smallest absolute Gasteiger partial charge is 0.0392 e. The average molecular weight is 145 g/mol. The van der Waals surface area contributed by atoms with Gasteiger partial charge in [-0.1, -0.05) is 6.92 Å². The fourth-order valence-corrected chi connectivity index (χ4v) is 2.91. The summed E-state index contributed by atoms with van der Waals surface area (Å²) in [5.41, 5.74) is 0.534. The molecule has 2 bridgehead atoms. The Morgan fingerprint density at radius 3 is 2.56 bits per heavy atom. The lowest BCUT2D eigenvalue weighted by atomic mass is 9.86. The molecular formula is C8H13Cl. The Labute approximate surface area is 61.6 Å². The normalized spacial score (nSPS) is 56.7. The first kappa shape index (κ1) is 6.03. The van der Waals surface area contributed by atoms with E-state index in [-0.39, 0.29) is 0 Å². The number of hydrogen-bond donors (Lipinski definition) is 0. The van der Waals surface area contributed by atoms with Crippen LogP contribution in [-0.2, 0) is 0 Å².